The summed E-state index contributed by atoms with van der Waals surface area (Å²) >= 11 is 0. The van der Waals surface area contributed by atoms with E-state index in [0.29, 0.717) is 11.3 Å². The molecule has 0 aromatic heterocycles. The first-order valence-electron chi connectivity index (χ1n) is 6.47. The van der Waals surface area contributed by atoms with Crippen molar-refractivity contribution in [2.45, 2.75) is 19.9 Å². The summed E-state index contributed by atoms with van der Waals surface area (Å²) < 4.78 is 0. The fraction of sp³-hybridized carbons (Fsp3) is 0.357. The first kappa shape index (κ1) is 16.6. The number of aliphatic carboxylic acids is 1. The molecule has 1 atom stereocenters. The van der Waals surface area contributed by atoms with E-state index in [0.717, 1.165) is 0 Å². The predicted octanol–water partition coefficient (Wildman–Crippen LogP) is 0.423. The third kappa shape index (κ3) is 5.23. The second-order valence-electron chi connectivity index (χ2n) is 4.93. The van der Waals surface area contributed by atoms with Crippen LogP contribution in [0.2, 0.25) is 0 Å². The molecule has 0 aliphatic heterocycles. The number of carbonyl (C=O) groups is 3. The number of primary amides is 1. The van der Waals surface area contributed by atoms with Gasteiger partial charge in [0.2, 0.25) is 11.8 Å². The Labute approximate surface area is 122 Å². The lowest BCUT2D eigenvalue weighted by atomic mass is 10.1. The Morgan fingerprint density at radius 1 is 1.19 bits per heavy atom. The zero-order valence-corrected chi connectivity index (χ0v) is 11.9. The number of nitrogens with two attached hydrogens (primary N) is 1. The summed E-state index contributed by atoms with van der Waals surface area (Å²) in [5.74, 6) is -2.04. The molecule has 1 aromatic rings. The van der Waals surface area contributed by atoms with Crippen LogP contribution in [0.5, 0.6) is 0 Å². The Morgan fingerprint density at radius 3 is 2.19 bits per heavy atom. The lowest BCUT2D eigenvalue weighted by Gasteiger charge is -2.17. The Balaban J connectivity index is 2.53. The van der Waals surface area contributed by atoms with Crippen molar-refractivity contribution in [3.63, 3.8) is 0 Å². The minimum absolute atomic E-state index is 0.118. The Morgan fingerprint density at radius 2 is 1.76 bits per heavy atom. The zero-order valence-electron chi connectivity index (χ0n) is 11.9. The van der Waals surface area contributed by atoms with E-state index in [-0.39, 0.29) is 18.4 Å². The molecular formula is C14H19N3O4. The highest BCUT2D eigenvalue weighted by molar-refractivity contribution is 5.95. The van der Waals surface area contributed by atoms with Gasteiger partial charge in [0, 0.05) is 11.3 Å². The van der Waals surface area contributed by atoms with Crippen molar-refractivity contribution in [1.82, 2.24) is 5.32 Å². The molecule has 0 saturated carbocycles. The predicted molar refractivity (Wildman–Crippen MR) is 77.9 cm³/mol. The van der Waals surface area contributed by atoms with E-state index in [1.807, 2.05) is 0 Å². The molecule has 1 unspecified atom stereocenters. The van der Waals surface area contributed by atoms with Gasteiger partial charge in [0.05, 0.1) is 6.54 Å². The highest BCUT2D eigenvalue weighted by Crippen LogP contribution is 2.09. The van der Waals surface area contributed by atoms with Crippen LogP contribution in [-0.2, 0) is 9.59 Å². The highest BCUT2D eigenvalue weighted by Gasteiger charge is 2.21. The Kier molecular flexibility index (Phi) is 5.86. The molecule has 0 bridgehead atoms. The van der Waals surface area contributed by atoms with E-state index in [4.69, 9.17) is 10.8 Å². The van der Waals surface area contributed by atoms with E-state index in [2.05, 4.69) is 10.6 Å². The molecule has 2 amide bonds. The van der Waals surface area contributed by atoms with Crippen LogP contribution in [0.15, 0.2) is 24.3 Å². The van der Waals surface area contributed by atoms with Crippen LogP contribution in [0.4, 0.5) is 5.69 Å². The van der Waals surface area contributed by atoms with Gasteiger partial charge in [0.25, 0.3) is 0 Å². The molecule has 0 aliphatic carbocycles. The minimum atomic E-state index is -0.997. The summed E-state index contributed by atoms with van der Waals surface area (Å²) in [4.78, 5) is 33.6. The van der Waals surface area contributed by atoms with Crippen LogP contribution in [0, 0.1) is 5.92 Å². The molecule has 0 heterocycles. The number of nitrogens with one attached hydrogen (secondary N) is 2. The number of amides is 2. The molecule has 1 rings (SSSR count). The van der Waals surface area contributed by atoms with Crippen LogP contribution in [0.25, 0.3) is 0 Å². The number of rotatable bonds is 7. The van der Waals surface area contributed by atoms with Crippen molar-refractivity contribution in [2.24, 2.45) is 11.7 Å². The summed E-state index contributed by atoms with van der Waals surface area (Å²) in [6, 6.07) is 5.32. The SMILES string of the molecule is CC(C)C(NCC(=O)Nc1ccc(C(N)=O)cc1)C(=O)O. The van der Waals surface area contributed by atoms with Crippen molar-refractivity contribution < 1.29 is 19.5 Å². The number of carbonyl (C=O) groups excluding carboxylic acids is 2. The standard InChI is InChI=1S/C14H19N3O4/c1-8(2)12(14(20)21)16-7-11(18)17-10-5-3-9(4-6-10)13(15)19/h3-6,8,12,16H,7H2,1-2H3,(H2,15,19)(H,17,18)(H,20,21). The quantitative estimate of drug-likeness (QED) is 0.580. The van der Waals surface area contributed by atoms with Gasteiger partial charge < -0.3 is 16.2 Å². The van der Waals surface area contributed by atoms with Gasteiger partial charge in [-0.05, 0) is 30.2 Å². The van der Waals surface area contributed by atoms with Crippen LogP contribution in [0.3, 0.4) is 0 Å². The summed E-state index contributed by atoms with van der Waals surface area (Å²) in [6.07, 6.45) is 0. The van der Waals surface area contributed by atoms with Gasteiger partial charge in [-0.2, -0.15) is 0 Å². The molecule has 7 heteroatoms. The van der Waals surface area contributed by atoms with E-state index < -0.39 is 17.9 Å². The average Bonchev–Trinajstić information content (AvgIpc) is 2.38. The van der Waals surface area contributed by atoms with Gasteiger partial charge >= 0.3 is 5.97 Å². The molecule has 0 fully saturated rings. The van der Waals surface area contributed by atoms with Gasteiger partial charge in [0.1, 0.15) is 6.04 Å². The molecule has 7 nitrogen and oxygen atoms in total. The molecular weight excluding hydrogens is 274 g/mol. The highest BCUT2D eigenvalue weighted by atomic mass is 16.4. The second kappa shape index (κ2) is 7.39. The monoisotopic (exact) mass is 293 g/mol. The molecule has 0 spiro atoms. The number of hydrogen-bond acceptors (Lipinski definition) is 4. The fourth-order valence-electron chi connectivity index (χ4n) is 1.73. The minimum Gasteiger partial charge on any atom is -0.480 e. The Bertz CT molecular complexity index is 526. The summed E-state index contributed by atoms with van der Waals surface area (Å²) in [5, 5.41) is 14.3. The summed E-state index contributed by atoms with van der Waals surface area (Å²) in [5.41, 5.74) is 5.96. The number of anilines is 1. The number of benzene rings is 1. The van der Waals surface area contributed by atoms with Crippen LogP contribution in [-0.4, -0.2) is 35.5 Å². The molecule has 21 heavy (non-hydrogen) atoms. The molecule has 0 aliphatic rings. The smallest absolute Gasteiger partial charge is 0.320 e. The second-order valence-corrected chi connectivity index (χ2v) is 4.93. The Hall–Kier alpha value is -2.41. The largest absolute Gasteiger partial charge is 0.480 e. The van der Waals surface area contributed by atoms with E-state index >= 15 is 0 Å². The van der Waals surface area contributed by atoms with Crippen molar-refractivity contribution in [2.75, 3.05) is 11.9 Å². The van der Waals surface area contributed by atoms with Crippen molar-refractivity contribution in [3.8, 4) is 0 Å². The van der Waals surface area contributed by atoms with Crippen LogP contribution < -0.4 is 16.4 Å². The summed E-state index contributed by atoms with van der Waals surface area (Å²) in [7, 11) is 0. The summed E-state index contributed by atoms with van der Waals surface area (Å²) in [6.45, 7) is 3.39. The number of carboxylic acids is 1. The fourth-order valence-corrected chi connectivity index (χ4v) is 1.73. The number of carboxylic acid groups (broad SMARTS) is 1. The van der Waals surface area contributed by atoms with Gasteiger partial charge in [-0.1, -0.05) is 13.8 Å². The topological polar surface area (TPSA) is 122 Å². The van der Waals surface area contributed by atoms with Crippen molar-refractivity contribution in [3.05, 3.63) is 29.8 Å². The third-order valence-corrected chi connectivity index (χ3v) is 2.87. The third-order valence-electron chi connectivity index (χ3n) is 2.87. The van der Waals surface area contributed by atoms with Gasteiger partial charge in [-0.3, -0.25) is 19.7 Å². The maximum atomic E-state index is 11.7. The van der Waals surface area contributed by atoms with Crippen molar-refractivity contribution in [1.29, 1.82) is 0 Å². The van der Waals surface area contributed by atoms with Gasteiger partial charge in [-0.15, -0.1) is 0 Å². The molecule has 1 aromatic carbocycles. The first-order chi connectivity index (χ1) is 9.81. The van der Waals surface area contributed by atoms with Crippen LogP contribution in [0.1, 0.15) is 24.2 Å². The van der Waals surface area contributed by atoms with E-state index in [1.165, 1.54) is 12.1 Å². The molecule has 0 radical (unpaired) electrons. The lowest BCUT2D eigenvalue weighted by molar-refractivity contribution is -0.140. The molecule has 5 N–H and O–H groups in total. The van der Waals surface area contributed by atoms with Gasteiger partial charge in [-0.25, -0.2) is 0 Å². The van der Waals surface area contributed by atoms with E-state index in [9.17, 15) is 14.4 Å². The van der Waals surface area contributed by atoms with Gasteiger partial charge in [0.15, 0.2) is 0 Å². The maximum Gasteiger partial charge on any atom is 0.320 e. The average molecular weight is 293 g/mol. The number of hydrogen-bond donors (Lipinski definition) is 4. The maximum absolute atomic E-state index is 11.7. The molecule has 114 valence electrons. The first-order valence-corrected chi connectivity index (χ1v) is 6.47. The lowest BCUT2D eigenvalue weighted by Crippen LogP contribution is -2.44. The van der Waals surface area contributed by atoms with Crippen molar-refractivity contribution >= 4 is 23.5 Å². The van der Waals surface area contributed by atoms with E-state index in [1.54, 1.807) is 26.0 Å². The van der Waals surface area contributed by atoms with Crippen LogP contribution >= 0.6 is 0 Å². The zero-order chi connectivity index (χ0) is 16.0. The molecule has 0 saturated heterocycles. The normalized spacial score (nSPS) is 12.0.